The third kappa shape index (κ3) is 3.04. The highest BCUT2D eigenvalue weighted by molar-refractivity contribution is 5.67. The molecule has 110 valence electrons. The smallest absolute Gasteiger partial charge is 0.305 e. The van der Waals surface area contributed by atoms with Gasteiger partial charge in [-0.2, -0.15) is 0 Å². The molecule has 1 aromatic heterocycles. The van der Waals surface area contributed by atoms with Crippen LogP contribution in [0.2, 0.25) is 0 Å². The van der Waals surface area contributed by atoms with Crippen LogP contribution in [0.15, 0.2) is 16.5 Å². The second-order valence-electron chi connectivity index (χ2n) is 5.92. The summed E-state index contributed by atoms with van der Waals surface area (Å²) in [6.45, 7) is 4.80. The Morgan fingerprint density at radius 3 is 3.00 bits per heavy atom. The van der Waals surface area contributed by atoms with Crippen molar-refractivity contribution in [2.75, 3.05) is 19.8 Å². The summed E-state index contributed by atoms with van der Waals surface area (Å²) in [4.78, 5) is 13.0. The van der Waals surface area contributed by atoms with Crippen molar-refractivity contribution in [1.29, 1.82) is 0 Å². The Bertz CT molecular complexity index is 484. The van der Waals surface area contributed by atoms with Crippen LogP contribution < -0.4 is 0 Å². The van der Waals surface area contributed by atoms with Gasteiger partial charge in [-0.3, -0.25) is 9.69 Å². The Labute approximate surface area is 118 Å². The molecule has 0 amide bonds. The first kappa shape index (κ1) is 13.6. The molecule has 0 bridgehead atoms. The van der Waals surface area contributed by atoms with Crippen LogP contribution in [-0.2, 0) is 16.1 Å². The summed E-state index contributed by atoms with van der Waals surface area (Å²) < 4.78 is 11.3. The zero-order valence-corrected chi connectivity index (χ0v) is 11.7. The summed E-state index contributed by atoms with van der Waals surface area (Å²) in [7, 11) is 0. The van der Waals surface area contributed by atoms with Crippen molar-refractivity contribution in [2.24, 2.45) is 5.92 Å². The minimum atomic E-state index is -0.780. The highest BCUT2D eigenvalue weighted by atomic mass is 16.5. The molecular formula is C15H21NO4. The van der Waals surface area contributed by atoms with E-state index in [1.807, 2.05) is 6.07 Å². The molecule has 5 heteroatoms. The van der Waals surface area contributed by atoms with E-state index < -0.39 is 5.97 Å². The molecule has 3 unspecified atom stereocenters. The van der Waals surface area contributed by atoms with Crippen molar-refractivity contribution >= 4 is 5.97 Å². The second kappa shape index (κ2) is 5.58. The van der Waals surface area contributed by atoms with Gasteiger partial charge in [-0.1, -0.05) is 6.92 Å². The van der Waals surface area contributed by atoms with Crippen LogP contribution in [0.4, 0.5) is 0 Å². The average molecular weight is 279 g/mol. The van der Waals surface area contributed by atoms with Gasteiger partial charge in [0, 0.05) is 18.5 Å². The van der Waals surface area contributed by atoms with E-state index in [1.165, 1.54) is 6.42 Å². The molecule has 1 saturated heterocycles. The number of carboxylic acids is 1. The fraction of sp³-hybridized carbons (Fsp3) is 0.667. The van der Waals surface area contributed by atoms with Crippen molar-refractivity contribution in [3.8, 4) is 0 Å². The average Bonchev–Trinajstić information content (AvgIpc) is 2.96. The van der Waals surface area contributed by atoms with Crippen molar-refractivity contribution in [2.45, 2.75) is 38.3 Å². The van der Waals surface area contributed by atoms with Gasteiger partial charge in [0.25, 0.3) is 0 Å². The summed E-state index contributed by atoms with van der Waals surface area (Å²) in [6, 6.07) is 4.03. The number of furan rings is 1. The molecule has 2 aliphatic rings. The summed E-state index contributed by atoms with van der Waals surface area (Å²) >= 11 is 0. The summed E-state index contributed by atoms with van der Waals surface area (Å²) in [5.41, 5.74) is 0. The van der Waals surface area contributed by atoms with E-state index in [9.17, 15) is 4.79 Å². The molecule has 1 saturated carbocycles. The normalized spacial score (nSPS) is 30.4. The first-order valence-corrected chi connectivity index (χ1v) is 7.25. The Morgan fingerprint density at radius 2 is 2.30 bits per heavy atom. The van der Waals surface area contributed by atoms with Gasteiger partial charge in [0.05, 0.1) is 26.2 Å². The van der Waals surface area contributed by atoms with Gasteiger partial charge in [-0.15, -0.1) is 0 Å². The maximum atomic E-state index is 10.9. The van der Waals surface area contributed by atoms with E-state index in [4.69, 9.17) is 14.3 Å². The molecule has 1 aliphatic heterocycles. The van der Waals surface area contributed by atoms with Gasteiger partial charge >= 0.3 is 5.97 Å². The first-order valence-electron chi connectivity index (χ1n) is 7.25. The molecule has 1 aromatic rings. The number of aliphatic carboxylic acids is 1. The molecule has 0 radical (unpaired) electrons. The zero-order chi connectivity index (χ0) is 14.1. The molecule has 2 fully saturated rings. The highest BCUT2D eigenvalue weighted by Crippen LogP contribution is 2.47. The Balaban J connectivity index is 1.62. The number of morpholine rings is 1. The number of rotatable bonds is 5. The van der Waals surface area contributed by atoms with Gasteiger partial charge < -0.3 is 14.3 Å². The van der Waals surface area contributed by atoms with Crippen LogP contribution in [0.1, 0.15) is 37.2 Å². The molecule has 5 nitrogen and oxygen atoms in total. The zero-order valence-electron chi connectivity index (χ0n) is 11.7. The van der Waals surface area contributed by atoms with E-state index in [-0.39, 0.29) is 12.5 Å². The molecule has 1 aliphatic carbocycles. The highest BCUT2D eigenvalue weighted by Gasteiger charge is 2.36. The molecule has 0 aromatic carbocycles. The lowest BCUT2D eigenvalue weighted by Gasteiger charge is -2.34. The molecule has 3 atom stereocenters. The summed E-state index contributed by atoms with van der Waals surface area (Å²) in [5.74, 6) is 2.55. The molecule has 0 spiro atoms. The van der Waals surface area contributed by atoms with Gasteiger partial charge in [0.15, 0.2) is 0 Å². The number of carboxylic acid groups (broad SMARTS) is 1. The van der Waals surface area contributed by atoms with Crippen LogP contribution in [0, 0.1) is 5.92 Å². The van der Waals surface area contributed by atoms with Gasteiger partial charge in [-0.25, -0.2) is 0 Å². The van der Waals surface area contributed by atoms with Crippen molar-refractivity contribution in [3.05, 3.63) is 23.7 Å². The third-order valence-corrected chi connectivity index (χ3v) is 4.28. The number of hydrogen-bond donors (Lipinski definition) is 1. The molecule has 20 heavy (non-hydrogen) atoms. The van der Waals surface area contributed by atoms with Gasteiger partial charge in [-0.05, 0) is 24.5 Å². The van der Waals surface area contributed by atoms with E-state index in [2.05, 4.69) is 17.9 Å². The van der Waals surface area contributed by atoms with Crippen LogP contribution in [0.3, 0.4) is 0 Å². The fourth-order valence-corrected chi connectivity index (χ4v) is 2.88. The monoisotopic (exact) mass is 279 g/mol. The minimum absolute atomic E-state index is 0.0605. The Kier molecular flexibility index (Phi) is 3.81. The predicted octanol–water partition coefficient (Wildman–Crippen LogP) is 2.08. The number of ether oxygens (including phenoxy) is 1. The van der Waals surface area contributed by atoms with E-state index in [0.717, 1.165) is 24.0 Å². The third-order valence-electron chi connectivity index (χ3n) is 4.28. The fourth-order valence-electron chi connectivity index (χ4n) is 2.88. The maximum absolute atomic E-state index is 10.9. The van der Waals surface area contributed by atoms with Crippen molar-refractivity contribution in [1.82, 2.24) is 4.90 Å². The quantitative estimate of drug-likeness (QED) is 0.894. The number of nitrogens with zero attached hydrogens (tertiary/aromatic N) is 1. The maximum Gasteiger partial charge on any atom is 0.305 e. The first-order chi connectivity index (χ1) is 9.63. The minimum Gasteiger partial charge on any atom is -0.481 e. The summed E-state index contributed by atoms with van der Waals surface area (Å²) in [6.07, 6.45) is 1.33. The topological polar surface area (TPSA) is 62.9 Å². The van der Waals surface area contributed by atoms with E-state index >= 15 is 0 Å². The van der Waals surface area contributed by atoms with Crippen LogP contribution in [0.25, 0.3) is 0 Å². The molecule has 1 N–H and O–H groups in total. The molecule has 2 heterocycles. The van der Waals surface area contributed by atoms with Crippen LogP contribution in [0.5, 0.6) is 0 Å². The second-order valence-corrected chi connectivity index (χ2v) is 5.92. The standard InChI is InChI=1S/C15H21NO4/c1-10-6-13(10)14-3-2-12(20-14)8-16-4-5-19-9-11(16)7-15(17)18/h2-3,10-11,13H,4-9H2,1H3,(H,17,18). The van der Waals surface area contributed by atoms with Gasteiger partial charge in [0.2, 0.25) is 0 Å². The molecule has 3 rings (SSSR count). The summed E-state index contributed by atoms with van der Waals surface area (Å²) in [5, 5.41) is 8.96. The number of hydrogen-bond acceptors (Lipinski definition) is 4. The predicted molar refractivity (Wildman–Crippen MR) is 72.5 cm³/mol. The van der Waals surface area contributed by atoms with Crippen molar-refractivity contribution in [3.63, 3.8) is 0 Å². The SMILES string of the molecule is CC1CC1c1ccc(CN2CCOCC2CC(=O)O)o1. The Morgan fingerprint density at radius 1 is 1.50 bits per heavy atom. The molecular weight excluding hydrogens is 258 g/mol. The van der Waals surface area contributed by atoms with Gasteiger partial charge in [0.1, 0.15) is 11.5 Å². The Hall–Kier alpha value is -1.33. The van der Waals surface area contributed by atoms with Crippen molar-refractivity contribution < 1.29 is 19.1 Å². The van der Waals surface area contributed by atoms with E-state index in [0.29, 0.717) is 25.7 Å². The lowest BCUT2D eigenvalue weighted by atomic mass is 10.1. The van der Waals surface area contributed by atoms with E-state index in [1.54, 1.807) is 0 Å². The largest absolute Gasteiger partial charge is 0.481 e. The number of carbonyl (C=O) groups is 1. The lowest BCUT2D eigenvalue weighted by Crippen LogP contribution is -2.45. The lowest BCUT2D eigenvalue weighted by molar-refractivity contribution is -0.140. The van der Waals surface area contributed by atoms with Crippen LogP contribution >= 0.6 is 0 Å². The van der Waals surface area contributed by atoms with Crippen LogP contribution in [-0.4, -0.2) is 41.8 Å².